The van der Waals surface area contributed by atoms with Gasteiger partial charge in [0.15, 0.2) is 0 Å². The number of halogens is 1. The molecular weight excluding hydrogens is 218 g/mol. The van der Waals surface area contributed by atoms with Gasteiger partial charge in [0.1, 0.15) is 0 Å². The smallest absolute Gasteiger partial charge is 0.0441 e. The van der Waals surface area contributed by atoms with Crippen molar-refractivity contribution in [3.8, 4) is 0 Å². The molecule has 1 aromatic rings. The standard InChI is InChI=1S/C14H22ClN/c1-5-11(10-16-14(2,3)4)12-8-6-7-9-13(12)15/h6-9,11,16H,5,10H2,1-4H3. The fourth-order valence-electron chi connectivity index (χ4n) is 1.71. The van der Waals surface area contributed by atoms with Crippen LogP contribution in [0.4, 0.5) is 0 Å². The Morgan fingerprint density at radius 3 is 2.38 bits per heavy atom. The fraction of sp³-hybridized carbons (Fsp3) is 0.571. The summed E-state index contributed by atoms with van der Waals surface area (Å²) in [7, 11) is 0. The second kappa shape index (κ2) is 5.70. The van der Waals surface area contributed by atoms with Gasteiger partial charge in [0.2, 0.25) is 0 Å². The molecule has 0 amide bonds. The summed E-state index contributed by atoms with van der Waals surface area (Å²) in [6, 6.07) is 8.13. The van der Waals surface area contributed by atoms with Gasteiger partial charge in [0.05, 0.1) is 0 Å². The Bertz CT molecular complexity index is 328. The minimum Gasteiger partial charge on any atom is -0.311 e. The Morgan fingerprint density at radius 2 is 1.88 bits per heavy atom. The number of hydrogen-bond donors (Lipinski definition) is 1. The van der Waals surface area contributed by atoms with Crippen LogP contribution in [0.2, 0.25) is 5.02 Å². The van der Waals surface area contributed by atoms with Gasteiger partial charge in [0.25, 0.3) is 0 Å². The van der Waals surface area contributed by atoms with Crippen LogP contribution in [0.3, 0.4) is 0 Å². The van der Waals surface area contributed by atoms with Crippen LogP contribution in [0.1, 0.15) is 45.6 Å². The van der Waals surface area contributed by atoms with E-state index in [1.165, 1.54) is 5.56 Å². The molecular formula is C14H22ClN. The van der Waals surface area contributed by atoms with Crippen LogP contribution in [0, 0.1) is 0 Å². The highest BCUT2D eigenvalue weighted by atomic mass is 35.5. The predicted molar refractivity (Wildman–Crippen MR) is 72.2 cm³/mol. The Balaban J connectivity index is 2.72. The number of rotatable bonds is 4. The highest BCUT2D eigenvalue weighted by molar-refractivity contribution is 6.31. The van der Waals surface area contributed by atoms with E-state index in [4.69, 9.17) is 11.6 Å². The first-order valence-electron chi connectivity index (χ1n) is 5.93. The van der Waals surface area contributed by atoms with Gasteiger partial charge in [-0.05, 0) is 44.7 Å². The molecule has 1 N–H and O–H groups in total. The average molecular weight is 240 g/mol. The van der Waals surface area contributed by atoms with Crippen molar-refractivity contribution < 1.29 is 0 Å². The number of benzene rings is 1. The van der Waals surface area contributed by atoms with Crippen molar-refractivity contribution >= 4 is 11.6 Å². The Labute approximate surface area is 104 Å². The molecule has 0 spiro atoms. The van der Waals surface area contributed by atoms with Crippen molar-refractivity contribution in [2.75, 3.05) is 6.54 Å². The largest absolute Gasteiger partial charge is 0.311 e. The average Bonchev–Trinajstić information content (AvgIpc) is 2.20. The zero-order chi connectivity index (χ0) is 12.2. The van der Waals surface area contributed by atoms with Crippen LogP contribution in [-0.2, 0) is 0 Å². The quantitative estimate of drug-likeness (QED) is 0.830. The molecule has 2 heteroatoms. The molecule has 1 unspecified atom stereocenters. The predicted octanol–water partition coefficient (Wildman–Crippen LogP) is 4.22. The van der Waals surface area contributed by atoms with Crippen LogP contribution in [0.5, 0.6) is 0 Å². The molecule has 0 aliphatic carbocycles. The summed E-state index contributed by atoms with van der Waals surface area (Å²) in [5, 5.41) is 4.42. The molecule has 1 nitrogen and oxygen atoms in total. The van der Waals surface area contributed by atoms with Gasteiger partial charge in [-0.1, -0.05) is 36.7 Å². The molecule has 0 aliphatic rings. The summed E-state index contributed by atoms with van der Waals surface area (Å²) in [6.45, 7) is 9.74. The van der Waals surface area contributed by atoms with Gasteiger partial charge in [-0.25, -0.2) is 0 Å². The van der Waals surface area contributed by atoms with Crippen molar-refractivity contribution in [1.29, 1.82) is 0 Å². The van der Waals surface area contributed by atoms with E-state index in [0.29, 0.717) is 5.92 Å². The zero-order valence-corrected chi connectivity index (χ0v) is 11.4. The molecule has 0 bridgehead atoms. The van der Waals surface area contributed by atoms with Crippen LogP contribution < -0.4 is 5.32 Å². The van der Waals surface area contributed by atoms with Crippen molar-refractivity contribution in [2.24, 2.45) is 0 Å². The monoisotopic (exact) mass is 239 g/mol. The summed E-state index contributed by atoms with van der Waals surface area (Å²) in [5.41, 5.74) is 1.41. The molecule has 0 saturated heterocycles. The van der Waals surface area contributed by atoms with Gasteiger partial charge in [0, 0.05) is 17.1 Å². The lowest BCUT2D eigenvalue weighted by atomic mass is 9.95. The van der Waals surface area contributed by atoms with Crippen molar-refractivity contribution in [1.82, 2.24) is 5.32 Å². The molecule has 0 heterocycles. The third kappa shape index (κ3) is 4.15. The van der Waals surface area contributed by atoms with Gasteiger partial charge >= 0.3 is 0 Å². The lowest BCUT2D eigenvalue weighted by molar-refractivity contribution is 0.403. The van der Waals surface area contributed by atoms with E-state index in [0.717, 1.165) is 18.0 Å². The molecule has 16 heavy (non-hydrogen) atoms. The SMILES string of the molecule is CCC(CNC(C)(C)C)c1ccccc1Cl. The number of hydrogen-bond acceptors (Lipinski definition) is 1. The lowest BCUT2D eigenvalue weighted by Gasteiger charge is -2.25. The summed E-state index contributed by atoms with van der Waals surface area (Å²) < 4.78 is 0. The minimum absolute atomic E-state index is 0.161. The summed E-state index contributed by atoms with van der Waals surface area (Å²) in [4.78, 5) is 0. The summed E-state index contributed by atoms with van der Waals surface area (Å²) >= 11 is 6.22. The number of nitrogens with one attached hydrogen (secondary N) is 1. The normalized spacial score (nSPS) is 13.8. The first-order chi connectivity index (χ1) is 7.44. The van der Waals surface area contributed by atoms with E-state index < -0.39 is 0 Å². The fourth-order valence-corrected chi connectivity index (χ4v) is 2.00. The van der Waals surface area contributed by atoms with Gasteiger partial charge < -0.3 is 5.32 Å². The summed E-state index contributed by atoms with van der Waals surface area (Å²) in [5.74, 6) is 0.493. The molecule has 0 aliphatic heterocycles. The van der Waals surface area contributed by atoms with Gasteiger partial charge in [-0.15, -0.1) is 0 Å². The maximum absolute atomic E-state index is 6.22. The molecule has 0 fully saturated rings. The second-order valence-corrected chi connectivity index (χ2v) is 5.66. The van der Waals surface area contributed by atoms with E-state index in [1.54, 1.807) is 0 Å². The Hall–Kier alpha value is -0.530. The first kappa shape index (κ1) is 13.5. The molecule has 0 aromatic heterocycles. The second-order valence-electron chi connectivity index (χ2n) is 5.26. The van der Waals surface area contributed by atoms with E-state index >= 15 is 0 Å². The Kier molecular flexibility index (Phi) is 4.82. The summed E-state index contributed by atoms with van der Waals surface area (Å²) in [6.07, 6.45) is 1.10. The third-order valence-corrected chi connectivity index (χ3v) is 3.06. The molecule has 1 atom stereocenters. The highest BCUT2D eigenvalue weighted by Crippen LogP contribution is 2.26. The minimum atomic E-state index is 0.161. The van der Waals surface area contributed by atoms with Crippen molar-refractivity contribution in [3.63, 3.8) is 0 Å². The van der Waals surface area contributed by atoms with Crippen LogP contribution in [0.25, 0.3) is 0 Å². The molecule has 1 rings (SSSR count). The van der Waals surface area contributed by atoms with E-state index in [1.807, 2.05) is 12.1 Å². The third-order valence-electron chi connectivity index (χ3n) is 2.72. The van der Waals surface area contributed by atoms with E-state index in [2.05, 4.69) is 45.1 Å². The van der Waals surface area contributed by atoms with Crippen LogP contribution >= 0.6 is 11.6 Å². The zero-order valence-electron chi connectivity index (χ0n) is 10.7. The van der Waals surface area contributed by atoms with E-state index in [-0.39, 0.29) is 5.54 Å². The highest BCUT2D eigenvalue weighted by Gasteiger charge is 2.16. The van der Waals surface area contributed by atoms with Crippen LogP contribution in [0.15, 0.2) is 24.3 Å². The van der Waals surface area contributed by atoms with Crippen LogP contribution in [-0.4, -0.2) is 12.1 Å². The maximum atomic E-state index is 6.22. The topological polar surface area (TPSA) is 12.0 Å². The van der Waals surface area contributed by atoms with Crippen molar-refractivity contribution in [3.05, 3.63) is 34.9 Å². The molecule has 90 valence electrons. The van der Waals surface area contributed by atoms with Gasteiger partial charge in [-0.3, -0.25) is 0 Å². The van der Waals surface area contributed by atoms with Crippen molar-refractivity contribution in [2.45, 2.75) is 45.6 Å². The molecule has 1 aromatic carbocycles. The maximum Gasteiger partial charge on any atom is 0.0441 e. The Morgan fingerprint density at radius 1 is 1.25 bits per heavy atom. The van der Waals surface area contributed by atoms with Gasteiger partial charge in [-0.2, -0.15) is 0 Å². The molecule has 0 radical (unpaired) electrons. The molecule has 0 saturated carbocycles. The lowest BCUT2D eigenvalue weighted by Crippen LogP contribution is -2.38. The van der Waals surface area contributed by atoms with E-state index in [9.17, 15) is 0 Å². The first-order valence-corrected chi connectivity index (χ1v) is 6.31.